The number of nitrogens with one attached hydrogen (secondary N) is 1. The van der Waals surface area contributed by atoms with Crippen LogP contribution in [0.2, 0.25) is 0 Å². The fourth-order valence-electron chi connectivity index (χ4n) is 3.62. The van der Waals surface area contributed by atoms with E-state index in [-0.39, 0.29) is 11.5 Å². The van der Waals surface area contributed by atoms with Crippen LogP contribution in [0.4, 0.5) is 0 Å². The zero-order valence-electron chi connectivity index (χ0n) is 19.1. The van der Waals surface area contributed by atoms with Crippen molar-refractivity contribution in [2.75, 3.05) is 13.7 Å². The van der Waals surface area contributed by atoms with Crippen LogP contribution in [0.3, 0.4) is 0 Å². The molecule has 0 aliphatic carbocycles. The molecule has 0 fully saturated rings. The van der Waals surface area contributed by atoms with Crippen LogP contribution < -0.4 is 15.0 Å². The number of aromatic amines is 1. The van der Waals surface area contributed by atoms with Gasteiger partial charge in [0.25, 0.3) is 11.5 Å². The minimum absolute atomic E-state index is 0.115. The second-order valence-corrected chi connectivity index (χ2v) is 8.69. The number of aromatic nitrogens is 1. The molecule has 0 aliphatic rings. The standard InChI is InChI=1S/C27H26N2O4S/c1-3-29(27(31)22-12-13-23(28-26(22)30)20-8-5-4-6-9-20)17-19-11-14-24(25(16-19)32-2)33-18-21-10-7-15-34-21/h4-16H,3,17-18H2,1-2H3,(H,28,30). The molecule has 0 atom stereocenters. The maximum atomic E-state index is 13.2. The van der Waals surface area contributed by atoms with Gasteiger partial charge in [0.05, 0.1) is 7.11 Å². The second kappa shape index (κ2) is 10.9. The number of rotatable bonds is 9. The first-order valence-electron chi connectivity index (χ1n) is 11.0. The van der Waals surface area contributed by atoms with Gasteiger partial charge in [-0.15, -0.1) is 11.3 Å². The van der Waals surface area contributed by atoms with Crippen LogP contribution >= 0.6 is 11.3 Å². The summed E-state index contributed by atoms with van der Waals surface area (Å²) < 4.78 is 11.4. The molecule has 0 bridgehead atoms. The predicted octanol–water partition coefficient (Wildman–Crippen LogP) is 5.35. The van der Waals surface area contributed by atoms with Gasteiger partial charge in [0, 0.05) is 23.7 Å². The van der Waals surface area contributed by atoms with E-state index in [2.05, 4.69) is 4.98 Å². The molecule has 4 aromatic rings. The van der Waals surface area contributed by atoms with Gasteiger partial charge >= 0.3 is 0 Å². The molecule has 1 N–H and O–H groups in total. The highest BCUT2D eigenvalue weighted by atomic mass is 32.1. The first kappa shape index (κ1) is 23.3. The summed E-state index contributed by atoms with van der Waals surface area (Å²) in [6.45, 7) is 3.16. The number of hydrogen-bond acceptors (Lipinski definition) is 5. The summed E-state index contributed by atoms with van der Waals surface area (Å²) in [5.74, 6) is 0.921. The predicted molar refractivity (Wildman–Crippen MR) is 135 cm³/mol. The highest BCUT2D eigenvalue weighted by Crippen LogP contribution is 2.30. The number of pyridine rings is 1. The van der Waals surface area contributed by atoms with Crippen molar-refractivity contribution >= 4 is 17.2 Å². The molecule has 4 rings (SSSR count). The molecule has 0 aliphatic heterocycles. The lowest BCUT2D eigenvalue weighted by Gasteiger charge is -2.21. The average Bonchev–Trinajstić information content (AvgIpc) is 3.40. The molecular formula is C27H26N2O4S. The van der Waals surface area contributed by atoms with Crippen LogP contribution in [0.15, 0.2) is 83.0 Å². The van der Waals surface area contributed by atoms with E-state index in [1.54, 1.807) is 35.5 Å². The van der Waals surface area contributed by atoms with Crippen LogP contribution in [0.25, 0.3) is 11.3 Å². The quantitative estimate of drug-likeness (QED) is 0.355. The Labute approximate surface area is 202 Å². The van der Waals surface area contributed by atoms with Gasteiger partial charge in [0.2, 0.25) is 0 Å². The van der Waals surface area contributed by atoms with E-state index in [4.69, 9.17) is 9.47 Å². The number of methoxy groups -OCH3 is 1. The van der Waals surface area contributed by atoms with Crippen molar-refractivity contribution in [3.05, 3.63) is 105 Å². The summed E-state index contributed by atoms with van der Waals surface area (Å²) in [7, 11) is 1.59. The number of hydrogen-bond donors (Lipinski definition) is 1. The maximum Gasteiger partial charge on any atom is 0.261 e. The molecule has 0 spiro atoms. The largest absolute Gasteiger partial charge is 0.493 e. The number of nitrogens with zero attached hydrogens (tertiary/aromatic N) is 1. The molecule has 0 saturated heterocycles. The monoisotopic (exact) mass is 474 g/mol. The van der Waals surface area contributed by atoms with Crippen molar-refractivity contribution in [3.63, 3.8) is 0 Å². The van der Waals surface area contributed by atoms with E-state index in [1.807, 2.05) is 73.0 Å². The van der Waals surface area contributed by atoms with E-state index in [0.29, 0.717) is 36.9 Å². The number of benzene rings is 2. The molecule has 174 valence electrons. The Bertz CT molecular complexity index is 1300. The summed E-state index contributed by atoms with van der Waals surface area (Å²) in [5, 5.41) is 2.01. The Morgan fingerprint density at radius 3 is 2.50 bits per heavy atom. The molecule has 7 heteroatoms. The van der Waals surface area contributed by atoms with Gasteiger partial charge in [-0.3, -0.25) is 9.59 Å². The van der Waals surface area contributed by atoms with Crippen LogP contribution in [-0.2, 0) is 13.2 Å². The first-order chi connectivity index (χ1) is 16.6. The number of carbonyl (C=O) groups excluding carboxylic acids is 1. The van der Waals surface area contributed by atoms with Crippen molar-refractivity contribution in [1.82, 2.24) is 9.88 Å². The molecule has 2 aromatic carbocycles. The van der Waals surface area contributed by atoms with Gasteiger partial charge in [0.15, 0.2) is 11.5 Å². The van der Waals surface area contributed by atoms with Crippen LogP contribution in [-0.4, -0.2) is 29.4 Å². The molecule has 1 amide bonds. The normalized spacial score (nSPS) is 10.6. The van der Waals surface area contributed by atoms with E-state index >= 15 is 0 Å². The SMILES string of the molecule is CCN(Cc1ccc(OCc2cccs2)c(OC)c1)C(=O)c1ccc(-c2ccccc2)[nH]c1=O. The van der Waals surface area contributed by atoms with Gasteiger partial charge in [-0.2, -0.15) is 0 Å². The molecule has 2 heterocycles. The van der Waals surface area contributed by atoms with E-state index in [9.17, 15) is 9.59 Å². The number of amides is 1. The summed E-state index contributed by atoms with van der Waals surface area (Å²) in [4.78, 5) is 31.4. The Balaban J connectivity index is 1.49. The zero-order valence-corrected chi connectivity index (χ0v) is 19.9. The average molecular weight is 475 g/mol. The Hall–Kier alpha value is -3.84. The van der Waals surface area contributed by atoms with Crippen LogP contribution in [0, 0.1) is 0 Å². The lowest BCUT2D eigenvalue weighted by Crippen LogP contribution is -2.34. The molecule has 34 heavy (non-hydrogen) atoms. The van der Waals surface area contributed by atoms with E-state index in [1.165, 1.54) is 0 Å². The molecule has 0 radical (unpaired) electrons. The van der Waals surface area contributed by atoms with Gasteiger partial charge in [-0.25, -0.2) is 0 Å². The highest BCUT2D eigenvalue weighted by Gasteiger charge is 2.19. The topological polar surface area (TPSA) is 71.6 Å². The summed E-state index contributed by atoms with van der Waals surface area (Å²) in [6.07, 6.45) is 0. The minimum atomic E-state index is -0.403. The molecular weight excluding hydrogens is 448 g/mol. The minimum Gasteiger partial charge on any atom is -0.493 e. The van der Waals surface area contributed by atoms with Crippen LogP contribution in [0.5, 0.6) is 11.5 Å². The lowest BCUT2D eigenvalue weighted by atomic mass is 10.1. The number of ether oxygens (including phenoxy) is 2. The molecule has 0 unspecified atom stereocenters. The molecule has 0 saturated carbocycles. The van der Waals surface area contributed by atoms with Crippen molar-refractivity contribution in [1.29, 1.82) is 0 Å². The molecule has 6 nitrogen and oxygen atoms in total. The number of thiophene rings is 1. The fourth-order valence-corrected chi connectivity index (χ4v) is 4.24. The van der Waals surface area contributed by atoms with Crippen molar-refractivity contribution in [3.8, 4) is 22.8 Å². The van der Waals surface area contributed by atoms with Crippen molar-refractivity contribution < 1.29 is 14.3 Å². The number of carbonyl (C=O) groups is 1. The fraction of sp³-hybridized carbons (Fsp3) is 0.185. The summed E-state index contributed by atoms with van der Waals surface area (Å²) >= 11 is 1.63. The van der Waals surface area contributed by atoms with E-state index in [0.717, 1.165) is 16.0 Å². The van der Waals surface area contributed by atoms with Gasteiger partial charge in [0.1, 0.15) is 12.2 Å². The van der Waals surface area contributed by atoms with Gasteiger partial charge in [-0.05, 0) is 53.8 Å². The van der Waals surface area contributed by atoms with Crippen molar-refractivity contribution in [2.45, 2.75) is 20.1 Å². The smallest absolute Gasteiger partial charge is 0.261 e. The highest BCUT2D eigenvalue weighted by molar-refractivity contribution is 7.09. The van der Waals surface area contributed by atoms with Gasteiger partial charge < -0.3 is 19.4 Å². The van der Waals surface area contributed by atoms with Crippen LogP contribution in [0.1, 0.15) is 27.7 Å². The third-order valence-electron chi connectivity index (χ3n) is 5.45. The van der Waals surface area contributed by atoms with Gasteiger partial charge in [-0.1, -0.05) is 42.5 Å². The third-order valence-corrected chi connectivity index (χ3v) is 6.30. The van der Waals surface area contributed by atoms with Crippen molar-refractivity contribution in [2.24, 2.45) is 0 Å². The number of H-pyrrole nitrogens is 1. The maximum absolute atomic E-state index is 13.2. The summed E-state index contributed by atoms with van der Waals surface area (Å²) in [5.41, 5.74) is 2.16. The Morgan fingerprint density at radius 1 is 1.00 bits per heavy atom. The second-order valence-electron chi connectivity index (χ2n) is 7.65. The molecule has 2 aromatic heterocycles. The van der Waals surface area contributed by atoms with E-state index < -0.39 is 5.56 Å². The Kier molecular flexibility index (Phi) is 7.44. The Morgan fingerprint density at radius 2 is 1.82 bits per heavy atom. The lowest BCUT2D eigenvalue weighted by molar-refractivity contribution is 0.0750. The third kappa shape index (κ3) is 5.38. The first-order valence-corrected chi connectivity index (χ1v) is 11.9. The summed E-state index contributed by atoms with van der Waals surface area (Å²) in [6, 6.07) is 22.5. The zero-order chi connectivity index (χ0) is 23.9.